The van der Waals surface area contributed by atoms with E-state index in [1.807, 2.05) is 0 Å². The first-order chi connectivity index (χ1) is 5.86. The van der Waals surface area contributed by atoms with Crippen LogP contribution in [0.1, 0.15) is 48.5 Å². The summed E-state index contributed by atoms with van der Waals surface area (Å²) in [5.41, 5.74) is 0. The molecule has 0 saturated heterocycles. The molecule has 2 heteroatoms. The van der Waals surface area contributed by atoms with Crippen LogP contribution in [-0.2, 0) is 4.74 Å². The maximum atomic E-state index is 5.76. The van der Waals surface area contributed by atoms with Gasteiger partial charge in [-0.2, -0.15) is 0 Å². The lowest BCUT2D eigenvalue weighted by molar-refractivity contribution is -0.101. The molecule has 0 aromatic rings. The molecule has 0 N–H and O–H groups in total. The fourth-order valence-electron chi connectivity index (χ4n) is 1.90. The molecule has 13 heavy (non-hydrogen) atoms. The van der Waals surface area contributed by atoms with Gasteiger partial charge in [0.15, 0.2) is 0 Å². The molecule has 0 aromatic heterocycles. The highest BCUT2D eigenvalue weighted by molar-refractivity contribution is 4.69. The van der Waals surface area contributed by atoms with Gasteiger partial charge in [-0.15, -0.1) is 0 Å². The second-order valence-corrected chi connectivity index (χ2v) is 4.42. The quantitative estimate of drug-likeness (QED) is 0.614. The summed E-state index contributed by atoms with van der Waals surface area (Å²) >= 11 is 0. The average molecular weight is 187 g/mol. The molecule has 0 aromatic carbocycles. The zero-order valence-electron chi connectivity index (χ0n) is 10.2. The largest absolute Gasteiger partial charge is 0.361 e. The van der Waals surface area contributed by atoms with E-state index in [1.165, 1.54) is 0 Å². The SMILES string of the molecule is CC(C)OC(C)N(C(C)C)C(C)C. The predicted octanol–water partition coefficient (Wildman–Crippen LogP) is 2.88. The number of rotatable bonds is 5. The van der Waals surface area contributed by atoms with Gasteiger partial charge in [0.1, 0.15) is 6.23 Å². The van der Waals surface area contributed by atoms with Crippen LogP contribution in [0.15, 0.2) is 0 Å². The van der Waals surface area contributed by atoms with E-state index in [1.54, 1.807) is 0 Å². The Kier molecular flexibility index (Phi) is 5.57. The molecule has 0 aliphatic heterocycles. The second kappa shape index (κ2) is 5.61. The van der Waals surface area contributed by atoms with E-state index in [2.05, 4.69) is 53.4 Å². The van der Waals surface area contributed by atoms with Crippen molar-refractivity contribution >= 4 is 0 Å². The fourth-order valence-corrected chi connectivity index (χ4v) is 1.90. The van der Waals surface area contributed by atoms with Gasteiger partial charge in [-0.3, -0.25) is 4.90 Å². The van der Waals surface area contributed by atoms with Crippen molar-refractivity contribution in [3.63, 3.8) is 0 Å². The molecule has 0 bridgehead atoms. The number of hydrogen-bond donors (Lipinski definition) is 0. The Bertz CT molecular complexity index is 124. The molecule has 0 radical (unpaired) electrons. The second-order valence-electron chi connectivity index (χ2n) is 4.42. The summed E-state index contributed by atoms with van der Waals surface area (Å²) in [6.45, 7) is 15.1. The third-order valence-corrected chi connectivity index (χ3v) is 2.08. The maximum Gasteiger partial charge on any atom is 0.108 e. The van der Waals surface area contributed by atoms with Crippen molar-refractivity contribution in [2.75, 3.05) is 0 Å². The molecule has 0 saturated carbocycles. The number of nitrogens with zero attached hydrogens (tertiary/aromatic N) is 1. The normalized spacial score (nSPS) is 15.0. The van der Waals surface area contributed by atoms with Crippen LogP contribution in [0.25, 0.3) is 0 Å². The highest BCUT2D eigenvalue weighted by atomic mass is 16.5. The first kappa shape index (κ1) is 12.9. The van der Waals surface area contributed by atoms with Crippen molar-refractivity contribution in [2.24, 2.45) is 0 Å². The highest BCUT2D eigenvalue weighted by Crippen LogP contribution is 2.12. The minimum Gasteiger partial charge on any atom is -0.361 e. The van der Waals surface area contributed by atoms with Crippen LogP contribution in [0.5, 0.6) is 0 Å². The van der Waals surface area contributed by atoms with Crippen molar-refractivity contribution in [3.8, 4) is 0 Å². The molecule has 0 aliphatic carbocycles. The molecule has 1 atom stereocenters. The first-order valence-corrected chi connectivity index (χ1v) is 5.29. The van der Waals surface area contributed by atoms with Crippen LogP contribution in [0.2, 0.25) is 0 Å². The molecule has 2 nitrogen and oxygen atoms in total. The predicted molar refractivity (Wildman–Crippen MR) is 57.8 cm³/mol. The molecular formula is C11H25NO. The van der Waals surface area contributed by atoms with Gasteiger partial charge >= 0.3 is 0 Å². The Labute approximate surface area is 83.3 Å². The standard InChI is InChI=1S/C11H25NO/c1-8(2)12(9(3)4)11(7)13-10(5)6/h8-11H,1-7H3. The van der Waals surface area contributed by atoms with Gasteiger partial charge < -0.3 is 4.74 Å². The van der Waals surface area contributed by atoms with E-state index in [-0.39, 0.29) is 6.23 Å². The van der Waals surface area contributed by atoms with E-state index < -0.39 is 0 Å². The van der Waals surface area contributed by atoms with Gasteiger partial charge in [0.2, 0.25) is 0 Å². The lowest BCUT2D eigenvalue weighted by Gasteiger charge is -2.36. The summed E-state index contributed by atoms with van der Waals surface area (Å²) in [7, 11) is 0. The smallest absolute Gasteiger partial charge is 0.108 e. The third kappa shape index (κ3) is 4.63. The molecular weight excluding hydrogens is 162 g/mol. The van der Waals surface area contributed by atoms with E-state index in [4.69, 9.17) is 4.74 Å². The molecule has 0 aliphatic rings. The zero-order valence-corrected chi connectivity index (χ0v) is 10.2. The van der Waals surface area contributed by atoms with Gasteiger partial charge in [0.05, 0.1) is 6.10 Å². The van der Waals surface area contributed by atoms with Crippen LogP contribution in [0.4, 0.5) is 0 Å². The van der Waals surface area contributed by atoms with Gasteiger partial charge in [0, 0.05) is 12.1 Å². The molecule has 0 fully saturated rings. The molecule has 1 unspecified atom stereocenters. The summed E-state index contributed by atoms with van der Waals surface area (Å²) in [6.07, 6.45) is 0.509. The van der Waals surface area contributed by atoms with E-state index in [0.29, 0.717) is 18.2 Å². The average Bonchev–Trinajstić information content (AvgIpc) is 1.81. The van der Waals surface area contributed by atoms with Crippen molar-refractivity contribution in [1.82, 2.24) is 4.90 Å². The Morgan fingerprint density at radius 1 is 0.769 bits per heavy atom. The molecule has 80 valence electrons. The van der Waals surface area contributed by atoms with Crippen LogP contribution >= 0.6 is 0 Å². The summed E-state index contributed by atoms with van der Waals surface area (Å²) in [5, 5.41) is 0. The first-order valence-electron chi connectivity index (χ1n) is 5.29. The van der Waals surface area contributed by atoms with Crippen LogP contribution in [0, 0.1) is 0 Å². The topological polar surface area (TPSA) is 12.5 Å². The molecule has 0 spiro atoms. The van der Waals surface area contributed by atoms with Crippen LogP contribution in [0.3, 0.4) is 0 Å². The Morgan fingerprint density at radius 3 is 1.38 bits per heavy atom. The van der Waals surface area contributed by atoms with Crippen molar-refractivity contribution in [1.29, 1.82) is 0 Å². The maximum absolute atomic E-state index is 5.76. The lowest BCUT2D eigenvalue weighted by Crippen LogP contribution is -2.45. The Morgan fingerprint density at radius 2 is 1.15 bits per heavy atom. The minimum atomic E-state index is 0.208. The van der Waals surface area contributed by atoms with Gasteiger partial charge in [0.25, 0.3) is 0 Å². The van der Waals surface area contributed by atoms with Crippen LogP contribution in [-0.4, -0.2) is 29.3 Å². The molecule has 0 rings (SSSR count). The molecule has 0 amide bonds. The Hall–Kier alpha value is -0.0800. The van der Waals surface area contributed by atoms with Gasteiger partial charge in [-0.1, -0.05) is 0 Å². The zero-order chi connectivity index (χ0) is 10.6. The summed E-state index contributed by atoms with van der Waals surface area (Å²) in [5.74, 6) is 0. The summed E-state index contributed by atoms with van der Waals surface area (Å²) in [4.78, 5) is 2.38. The Balaban J connectivity index is 4.20. The van der Waals surface area contributed by atoms with E-state index in [9.17, 15) is 0 Å². The lowest BCUT2D eigenvalue weighted by atomic mass is 10.2. The van der Waals surface area contributed by atoms with Crippen molar-refractivity contribution in [2.45, 2.75) is 72.9 Å². The van der Waals surface area contributed by atoms with Gasteiger partial charge in [-0.05, 0) is 48.5 Å². The third-order valence-electron chi connectivity index (χ3n) is 2.08. The van der Waals surface area contributed by atoms with E-state index in [0.717, 1.165) is 0 Å². The summed E-state index contributed by atoms with van der Waals surface area (Å²) < 4.78 is 5.76. The van der Waals surface area contributed by atoms with E-state index >= 15 is 0 Å². The number of hydrogen-bond acceptors (Lipinski definition) is 2. The fraction of sp³-hybridized carbons (Fsp3) is 1.00. The monoisotopic (exact) mass is 187 g/mol. The van der Waals surface area contributed by atoms with Gasteiger partial charge in [-0.25, -0.2) is 0 Å². The molecule has 0 heterocycles. The summed E-state index contributed by atoms with van der Waals surface area (Å²) in [6, 6.07) is 1.07. The highest BCUT2D eigenvalue weighted by Gasteiger charge is 2.20. The minimum absolute atomic E-state index is 0.208. The van der Waals surface area contributed by atoms with Crippen LogP contribution < -0.4 is 0 Å². The van der Waals surface area contributed by atoms with Crippen molar-refractivity contribution < 1.29 is 4.74 Å². The number of ether oxygens (including phenoxy) is 1. The van der Waals surface area contributed by atoms with Crippen molar-refractivity contribution in [3.05, 3.63) is 0 Å².